The molecular weight excluding hydrogens is 318 g/mol. The van der Waals surface area contributed by atoms with Crippen LogP contribution in [-0.2, 0) is 4.74 Å². The van der Waals surface area contributed by atoms with Crippen LogP contribution in [0.25, 0.3) is 0 Å². The van der Waals surface area contributed by atoms with Crippen LogP contribution in [0.15, 0.2) is 6.33 Å². The number of piperidine rings is 1. The second-order valence-electron chi connectivity index (χ2n) is 7.28. The number of carbonyl (C=O) groups excluding carboxylic acids is 1. The summed E-state index contributed by atoms with van der Waals surface area (Å²) in [4.78, 5) is 21.9. The van der Waals surface area contributed by atoms with Crippen LogP contribution in [0.2, 0.25) is 5.15 Å². The number of nitrogens with zero attached hydrogens (tertiary/aromatic N) is 3. The molecule has 0 bridgehead atoms. The van der Waals surface area contributed by atoms with Gasteiger partial charge in [0, 0.05) is 24.6 Å². The zero-order valence-electron chi connectivity index (χ0n) is 13.9. The maximum Gasteiger partial charge on any atom is 0.410 e. The van der Waals surface area contributed by atoms with Crippen molar-refractivity contribution in [3.8, 4) is 5.88 Å². The number of ether oxygens (including phenoxy) is 2. The summed E-state index contributed by atoms with van der Waals surface area (Å²) in [5.41, 5.74) is 0.311. The van der Waals surface area contributed by atoms with Gasteiger partial charge in [0.1, 0.15) is 17.1 Å². The predicted molar refractivity (Wildman–Crippen MR) is 85.6 cm³/mol. The first-order valence-corrected chi connectivity index (χ1v) is 8.22. The third-order valence-electron chi connectivity index (χ3n) is 4.41. The molecule has 6 nitrogen and oxygen atoms in total. The third-order valence-corrected chi connectivity index (χ3v) is 4.79. The van der Waals surface area contributed by atoms with Gasteiger partial charge in [-0.2, -0.15) is 0 Å². The van der Waals surface area contributed by atoms with E-state index in [0.717, 1.165) is 18.7 Å². The fourth-order valence-corrected chi connectivity index (χ4v) is 3.23. The van der Waals surface area contributed by atoms with Gasteiger partial charge in [-0.05, 0) is 39.5 Å². The van der Waals surface area contributed by atoms with E-state index in [9.17, 15) is 4.79 Å². The highest BCUT2D eigenvalue weighted by molar-refractivity contribution is 6.30. The van der Waals surface area contributed by atoms with Gasteiger partial charge in [-0.25, -0.2) is 14.8 Å². The van der Waals surface area contributed by atoms with E-state index in [4.69, 9.17) is 21.1 Å². The average molecular weight is 340 g/mol. The predicted octanol–water partition coefficient (Wildman–Crippen LogP) is 2.93. The molecule has 1 aromatic rings. The lowest BCUT2D eigenvalue weighted by atomic mass is 10.2. The molecule has 126 valence electrons. The van der Waals surface area contributed by atoms with Gasteiger partial charge in [-0.1, -0.05) is 11.6 Å². The molecule has 0 unspecified atom stereocenters. The Morgan fingerprint density at radius 3 is 2.61 bits per heavy atom. The summed E-state index contributed by atoms with van der Waals surface area (Å²) >= 11 is 5.96. The maximum absolute atomic E-state index is 12.0. The molecule has 3 atom stereocenters. The van der Waals surface area contributed by atoms with Crippen LogP contribution in [0, 0.1) is 24.7 Å². The van der Waals surface area contributed by atoms with Crippen LogP contribution in [0.3, 0.4) is 0 Å². The van der Waals surface area contributed by atoms with Gasteiger partial charge >= 0.3 is 6.09 Å². The monoisotopic (exact) mass is 339 g/mol. The van der Waals surface area contributed by atoms with E-state index in [1.807, 2.05) is 27.7 Å². The fraction of sp³-hybridized carbons (Fsp3) is 0.688. The van der Waals surface area contributed by atoms with Gasteiger partial charge in [0.15, 0.2) is 0 Å². The summed E-state index contributed by atoms with van der Waals surface area (Å²) in [6, 6.07) is 0. The van der Waals surface area contributed by atoms with Crippen molar-refractivity contribution in [1.82, 2.24) is 14.9 Å². The molecule has 1 aliphatic carbocycles. The highest BCUT2D eigenvalue weighted by Crippen LogP contribution is 2.52. The highest BCUT2D eigenvalue weighted by Gasteiger charge is 2.57. The Bertz CT molecular complexity index is 605. The minimum atomic E-state index is -0.448. The fourth-order valence-electron chi connectivity index (χ4n) is 3.11. The molecular formula is C16H22ClN3O3. The summed E-state index contributed by atoms with van der Waals surface area (Å²) in [6.07, 6.45) is 1.19. The molecule has 1 aliphatic heterocycles. The standard InChI is InChI=1S/C16H22ClN3O3/c1-9-13(17)18-8-19-14(9)22-7-12-10-5-20(6-11(10)12)15(21)23-16(2,3)4/h8,10-12H,5-7H2,1-4H3/t10-,11+,12+. The maximum atomic E-state index is 12.0. The molecule has 23 heavy (non-hydrogen) atoms. The third kappa shape index (κ3) is 3.52. The molecule has 0 radical (unpaired) electrons. The summed E-state index contributed by atoms with van der Waals surface area (Å²) in [6.45, 7) is 9.59. The molecule has 1 amide bonds. The minimum Gasteiger partial charge on any atom is -0.477 e. The largest absolute Gasteiger partial charge is 0.477 e. The van der Waals surface area contributed by atoms with Crippen LogP contribution in [0.1, 0.15) is 26.3 Å². The second-order valence-corrected chi connectivity index (χ2v) is 7.64. The molecule has 1 saturated heterocycles. The number of rotatable bonds is 3. The van der Waals surface area contributed by atoms with Gasteiger partial charge in [0.05, 0.1) is 6.61 Å². The number of halogens is 1. The number of aromatic nitrogens is 2. The summed E-state index contributed by atoms with van der Waals surface area (Å²) in [5, 5.41) is 0.419. The van der Waals surface area contributed by atoms with Crippen molar-refractivity contribution in [2.75, 3.05) is 19.7 Å². The quantitative estimate of drug-likeness (QED) is 0.792. The van der Waals surface area contributed by atoms with Crippen LogP contribution in [-0.4, -0.2) is 46.3 Å². The zero-order valence-corrected chi connectivity index (χ0v) is 14.6. The Labute approximate surface area is 141 Å². The minimum absolute atomic E-state index is 0.220. The van der Waals surface area contributed by atoms with Crippen molar-refractivity contribution in [3.63, 3.8) is 0 Å². The van der Waals surface area contributed by atoms with Gasteiger partial charge < -0.3 is 14.4 Å². The number of hydrogen-bond donors (Lipinski definition) is 0. The summed E-state index contributed by atoms with van der Waals surface area (Å²) in [7, 11) is 0. The van der Waals surface area contributed by atoms with Crippen molar-refractivity contribution >= 4 is 17.7 Å². The number of likely N-dealkylation sites (tertiary alicyclic amines) is 1. The van der Waals surface area contributed by atoms with E-state index in [2.05, 4.69) is 9.97 Å². The van der Waals surface area contributed by atoms with Gasteiger partial charge in [-0.15, -0.1) is 0 Å². The number of amides is 1. The molecule has 1 saturated carbocycles. The Morgan fingerprint density at radius 2 is 2.00 bits per heavy atom. The van der Waals surface area contributed by atoms with Crippen molar-refractivity contribution in [1.29, 1.82) is 0 Å². The van der Waals surface area contributed by atoms with E-state index in [1.54, 1.807) is 4.90 Å². The topological polar surface area (TPSA) is 64.6 Å². The Kier molecular flexibility index (Phi) is 4.12. The average Bonchev–Trinajstić information content (AvgIpc) is 2.90. The van der Waals surface area contributed by atoms with E-state index in [-0.39, 0.29) is 6.09 Å². The number of hydrogen-bond acceptors (Lipinski definition) is 5. The first-order valence-electron chi connectivity index (χ1n) is 7.84. The molecule has 2 fully saturated rings. The van der Waals surface area contributed by atoms with E-state index in [0.29, 0.717) is 35.4 Å². The lowest BCUT2D eigenvalue weighted by Crippen LogP contribution is -2.37. The lowest BCUT2D eigenvalue weighted by molar-refractivity contribution is 0.0260. The van der Waals surface area contributed by atoms with Crippen LogP contribution in [0.4, 0.5) is 4.79 Å². The molecule has 7 heteroatoms. The molecule has 0 N–H and O–H groups in total. The van der Waals surface area contributed by atoms with E-state index in [1.165, 1.54) is 6.33 Å². The van der Waals surface area contributed by atoms with Crippen molar-refractivity contribution in [2.24, 2.45) is 17.8 Å². The first-order chi connectivity index (χ1) is 10.8. The van der Waals surface area contributed by atoms with Gasteiger partial charge in [-0.3, -0.25) is 0 Å². The Balaban J connectivity index is 1.47. The SMILES string of the molecule is Cc1c(Cl)ncnc1OC[C@@H]1[C@H]2CN(C(=O)OC(C)(C)C)C[C@@H]12. The zero-order chi connectivity index (χ0) is 16.8. The molecule has 2 aliphatic rings. The summed E-state index contributed by atoms with van der Waals surface area (Å²) in [5.74, 6) is 2.01. The van der Waals surface area contributed by atoms with Gasteiger partial charge in [0.25, 0.3) is 0 Å². The smallest absolute Gasteiger partial charge is 0.410 e. The molecule has 0 aromatic carbocycles. The van der Waals surface area contributed by atoms with Crippen molar-refractivity contribution < 1.29 is 14.3 Å². The highest BCUT2D eigenvalue weighted by atomic mass is 35.5. The molecule has 0 spiro atoms. The second kappa shape index (κ2) is 5.82. The Morgan fingerprint density at radius 1 is 1.35 bits per heavy atom. The first kappa shape index (κ1) is 16.3. The molecule has 1 aromatic heterocycles. The van der Waals surface area contributed by atoms with Crippen LogP contribution < -0.4 is 4.74 Å². The van der Waals surface area contributed by atoms with Crippen LogP contribution >= 0.6 is 11.6 Å². The summed E-state index contributed by atoms with van der Waals surface area (Å²) < 4.78 is 11.2. The molecule has 3 rings (SSSR count). The van der Waals surface area contributed by atoms with E-state index >= 15 is 0 Å². The normalized spacial score (nSPS) is 26.0. The van der Waals surface area contributed by atoms with Crippen LogP contribution in [0.5, 0.6) is 5.88 Å². The molecule has 2 heterocycles. The van der Waals surface area contributed by atoms with Crippen molar-refractivity contribution in [3.05, 3.63) is 17.0 Å². The van der Waals surface area contributed by atoms with Gasteiger partial charge in [0.2, 0.25) is 5.88 Å². The number of fused-ring (bicyclic) bond motifs is 1. The van der Waals surface area contributed by atoms with E-state index < -0.39 is 5.60 Å². The number of carbonyl (C=O) groups is 1. The van der Waals surface area contributed by atoms with Crippen molar-refractivity contribution in [2.45, 2.75) is 33.3 Å². The Hall–Kier alpha value is -1.56. The lowest BCUT2D eigenvalue weighted by Gasteiger charge is -2.25.